The van der Waals surface area contributed by atoms with Crippen LogP contribution in [0, 0.1) is 0 Å². The van der Waals surface area contributed by atoms with Crippen LogP contribution in [0.5, 0.6) is 0 Å². The summed E-state index contributed by atoms with van der Waals surface area (Å²) in [5.41, 5.74) is 0. The number of nitrogens with zero attached hydrogens (tertiary/aromatic N) is 3. The molecule has 4 nitrogen and oxygen atoms in total. The second kappa shape index (κ2) is 6.56. The van der Waals surface area contributed by atoms with Crippen LogP contribution in [-0.4, -0.2) is 42.7 Å². The van der Waals surface area contributed by atoms with Crippen LogP contribution in [0.1, 0.15) is 0 Å². The van der Waals surface area contributed by atoms with Crippen molar-refractivity contribution in [2.45, 2.75) is 0 Å². The van der Waals surface area contributed by atoms with Crippen LogP contribution in [0.2, 0.25) is 0 Å². The zero-order valence-corrected chi connectivity index (χ0v) is 8.94. The highest BCUT2D eigenvalue weighted by molar-refractivity contribution is 6.18. The third kappa shape index (κ3) is 3.47. The maximum Gasteiger partial charge on any atom is 0.132 e. The summed E-state index contributed by atoms with van der Waals surface area (Å²) in [6.07, 6.45) is 3.25. The number of hydrogen-bond donors (Lipinski definition) is 0. The Morgan fingerprint density at radius 3 is 2.93 bits per heavy atom. The number of alkyl halides is 1. The lowest BCUT2D eigenvalue weighted by molar-refractivity contribution is 0.205. The van der Waals surface area contributed by atoms with E-state index >= 15 is 0 Å². The predicted octanol–water partition coefficient (Wildman–Crippen LogP) is 1.17. The first kappa shape index (κ1) is 11.2. The van der Waals surface area contributed by atoms with E-state index in [1.807, 2.05) is 6.07 Å². The third-order valence-corrected chi connectivity index (χ3v) is 1.98. The van der Waals surface area contributed by atoms with Crippen molar-refractivity contribution >= 4 is 17.4 Å². The Morgan fingerprint density at radius 2 is 2.36 bits per heavy atom. The van der Waals surface area contributed by atoms with Crippen LogP contribution in [0.4, 0.5) is 5.82 Å². The minimum Gasteiger partial charge on any atom is -0.383 e. The summed E-state index contributed by atoms with van der Waals surface area (Å²) in [6.45, 7) is 2.23. The molecule has 0 amide bonds. The molecule has 0 N–H and O–H groups in total. The van der Waals surface area contributed by atoms with Crippen LogP contribution in [-0.2, 0) is 4.74 Å². The van der Waals surface area contributed by atoms with E-state index in [9.17, 15) is 0 Å². The van der Waals surface area contributed by atoms with Gasteiger partial charge in [-0.25, -0.2) is 9.97 Å². The Hall–Kier alpha value is -0.870. The highest BCUT2D eigenvalue weighted by Gasteiger charge is 2.05. The van der Waals surface area contributed by atoms with Crippen molar-refractivity contribution in [3.05, 3.63) is 18.6 Å². The SMILES string of the molecule is COCCN(CCCl)c1ccncn1. The summed E-state index contributed by atoms with van der Waals surface area (Å²) in [4.78, 5) is 10.1. The second-order valence-electron chi connectivity index (χ2n) is 2.74. The molecule has 0 saturated carbocycles. The van der Waals surface area contributed by atoms with E-state index in [2.05, 4.69) is 14.9 Å². The second-order valence-corrected chi connectivity index (χ2v) is 3.11. The molecule has 0 saturated heterocycles. The molecule has 0 bridgehead atoms. The highest BCUT2D eigenvalue weighted by atomic mass is 35.5. The lowest BCUT2D eigenvalue weighted by atomic mass is 10.4. The smallest absolute Gasteiger partial charge is 0.132 e. The van der Waals surface area contributed by atoms with Gasteiger partial charge in [-0.05, 0) is 6.07 Å². The molecule has 0 unspecified atom stereocenters. The van der Waals surface area contributed by atoms with Gasteiger partial charge in [-0.3, -0.25) is 0 Å². The summed E-state index contributed by atoms with van der Waals surface area (Å²) in [7, 11) is 1.68. The fraction of sp³-hybridized carbons (Fsp3) is 0.556. The van der Waals surface area contributed by atoms with Gasteiger partial charge in [0.15, 0.2) is 0 Å². The first-order valence-electron chi connectivity index (χ1n) is 4.44. The van der Waals surface area contributed by atoms with Crippen LogP contribution < -0.4 is 4.90 Å². The van der Waals surface area contributed by atoms with E-state index in [0.29, 0.717) is 12.5 Å². The van der Waals surface area contributed by atoms with E-state index in [-0.39, 0.29) is 0 Å². The maximum absolute atomic E-state index is 5.70. The molecule has 1 heterocycles. The van der Waals surface area contributed by atoms with Gasteiger partial charge in [0.05, 0.1) is 6.61 Å². The average Bonchev–Trinajstić information content (AvgIpc) is 2.25. The normalized spacial score (nSPS) is 10.1. The van der Waals surface area contributed by atoms with Crippen LogP contribution in [0.3, 0.4) is 0 Å². The molecule has 0 aromatic carbocycles. The van der Waals surface area contributed by atoms with E-state index in [1.165, 1.54) is 6.33 Å². The van der Waals surface area contributed by atoms with Gasteiger partial charge in [0.2, 0.25) is 0 Å². The van der Waals surface area contributed by atoms with E-state index in [0.717, 1.165) is 18.9 Å². The lowest BCUT2D eigenvalue weighted by Crippen LogP contribution is -2.29. The molecule has 1 rings (SSSR count). The average molecular weight is 216 g/mol. The minimum atomic E-state index is 0.577. The topological polar surface area (TPSA) is 38.2 Å². The summed E-state index contributed by atoms with van der Waals surface area (Å²) >= 11 is 5.70. The molecule has 0 radical (unpaired) electrons. The largest absolute Gasteiger partial charge is 0.383 e. The molecule has 78 valence electrons. The van der Waals surface area contributed by atoms with Crippen molar-refractivity contribution < 1.29 is 4.74 Å². The summed E-state index contributed by atoms with van der Waals surface area (Å²) in [5, 5.41) is 0. The van der Waals surface area contributed by atoms with Crippen molar-refractivity contribution in [1.82, 2.24) is 9.97 Å². The molecule has 14 heavy (non-hydrogen) atoms. The third-order valence-electron chi connectivity index (χ3n) is 1.81. The summed E-state index contributed by atoms with van der Waals surface area (Å²) in [5.74, 6) is 1.46. The number of aromatic nitrogens is 2. The summed E-state index contributed by atoms with van der Waals surface area (Å²) in [6, 6.07) is 1.86. The van der Waals surface area contributed by atoms with E-state index in [1.54, 1.807) is 13.3 Å². The fourth-order valence-corrected chi connectivity index (χ4v) is 1.32. The zero-order valence-electron chi connectivity index (χ0n) is 8.19. The van der Waals surface area contributed by atoms with Crippen molar-refractivity contribution in [3.63, 3.8) is 0 Å². The van der Waals surface area contributed by atoms with Gasteiger partial charge >= 0.3 is 0 Å². The standard InChI is InChI=1S/C9H14ClN3O/c1-14-7-6-13(5-3-10)9-2-4-11-8-12-9/h2,4,8H,3,5-7H2,1H3. The molecule has 0 aliphatic rings. The lowest BCUT2D eigenvalue weighted by Gasteiger charge is -2.21. The molecule has 1 aromatic rings. The predicted molar refractivity (Wildman–Crippen MR) is 56.8 cm³/mol. The van der Waals surface area contributed by atoms with Crippen molar-refractivity contribution in [3.8, 4) is 0 Å². The Balaban J connectivity index is 2.58. The van der Waals surface area contributed by atoms with Gasteiger partial charge in [-0.2, -0.15) is 0 Å². The quantitative estimate of drug-likeness (QED) is 0.668. The molecule has 1 aromatic heterocycles. The van der Waals surface area contributed by atoms with Gasteiger partial charge in [-0.15, -0.1) is 11.6 Å². The Bertz CT molecular complexity index is 245. The molecule has 0 aliphatic carbocycles. The number of ether oxygens (including phenoxy) is 1. The van der Waals surface area contributed by atoms with Gasteiger partial charge in [-0.1, -0.05) is 0 Å². The Labute approximate surface area is 88.9 Å². The van der Waals surface area contributed by atoms with Crippen molar-refractivity contribution in [2.24, 2.45) is 0 Å². The first-order valence-corrected chi connectivity index (χ1v) is 4.97. The molecule has 5 heteroatoms. The number of methoxy groups -OCH3 is 1. The fourth-order valence-electron chi connectivity index (χ4n) is 1.12. The maximum atomic E-state index is 5.70. The number of rotatable bonds is 6. The van der Waals surface area contributed by atoms with Crippen molar-refractivity contribution in [2.75, 3.05) is 37.6 Å². The zero-order chi connectivity index (χ0) is 10.2. The van der Waals surface area contributed by atoms with E-state index in [4.69, 9.17) is 16.3 Å². The first-order chi connectivity index (χ1) is 6.88. The van der Waals surface area contributed by atoms with Gasteiger partial charge in [0.25, 0.3) is 0 Å². The van der Waals surface area contributed by atoms with Crippen LogP contribution in [0.25, 0.3) is 0 Å². The Morgan fingerprint density at radius 1 is 1.50 bits per heavy atom. The molecule has 0 spiro atoms. The number of halogens is 1. The van der Waals surface area contributed by atoms with Crippen molar-refractivity contribution in [1.29, 1.82) is 0 Å². The van der Waals surface area contributed by atoms with Gasteiger partial charge < -0.3 is 9.64 Å². The van der Waals surface area contributed by atoms with Crippen LogP contribution >= 0.6 is 11.6 Å². The number of anilines is 1. The van der Waals surface area contributed by atoms with Gasteiger partial charge in [0.1, 0.15) is 12.1 Å². The molecule has 0 fully saturated rings. The Kier molecular flexibility index (Phi) is 5.25. The molecular formula is C9H14ClN3O. The monoisotopic (exact) mass is 215 g/mol. The molecule has 0 aliphatic heterocycles. The van der Waals surface area contributed by atoms with E-state index < -0.39 is 0 Å². The number of hydrogen-bond acceptors (Lipinski definition) is 4. The minimum absolute atomic E-state index is 0.577. The molecular weight excluding hydrogens is 202 g/mol. The van der Waals surface area contributed by atoms with Gasteiger partial charge in [0, 0.05) is 32.3 Å². The highest BCUT2D eigenvalue weighted by Crippen LogP contribution is 2.07. The van der Waals surface area contributed by atoms with Crippen LogP contribution in [0.15, 0.2) is 18.6 Å². The molecule has 0 atom stereocenters. The summed E-state index contributed by atoms with van der Waals surface area (Å²) < 4.78 is 5.01.